The Labute approximate surface area is 147 Å². The van der Waals surface area contributed by atoms with Crippen molar-refractivity contribution in [1.29, 1.82) is 0 Å². The van der Waals surface area contributed by atoms with Gasteiger partial charge in [0.05, 0.1) is 12.4 Å². The zero-order valence-corrected chi connectivity index (χ0v) is 14.4. The molecule has 1 amide bonds. The molecule has 0 saturated carbocycles. The number of amides is 1. The summed E-state index contributed by atoms with van der Waals surface area (Å²) < 4.78 is 23.0. The van der Waals surface area contributed by atoms with E-state index in [1.807, 2.05) is 18.2 Å². The molecule has 0 fully saturated rings. The second-order valence-corrected chi connectivity index (χ2v) is 7.20. The van der Waals surface area contributed by atoms with Gasteiger partial charge >= 0.3 is 0 Å². The topological polar surface area (TPSA) is 64.6 Å². The molecule has 1 aliphatic rings. The van der Waals surface area contributed by atoms with Crippen molar-refractivity contribution in [3.8, 4) is 5.75 Å². The number of carbonyl (C=O) groups excluding carboxylic acids is 1. The van der Waals surface area contributed by atoms with E-state index >= 15 is 0 Å². The van der Waals surface area contributed by atoms with Gasteiger partial charge in [-0.3, -0.25) is 9.00 Å². The summed E-state index contributed by atoms with van der Waals surface area (Å²) in [5.74, 6) is 0.472. The second kappa shape index (κ2) is 7.79. The molecular formula is C17H16ClNO4S. The lowest BCUT2D eigenvalue weighted by atomic mass is 10.1. The number of ether oxygens (including phenoxy) is 2. The van der Waals surface area contributed by atoms with E-state index in [0.717, 1.165) is 11.1 Å². The molecule has 3 rings (SSSR count). The van der Waals surface area contributed by atoms with Crippen LogP contribution in [0.1, 0.15) is 11.1 Å². The number of nitrogens with one attached hydrogen (secondary N) is 1. The van der Waals surface area contributed by atoms with Crippen LogP contribution in [0.4, 0.5) is 5.69 Å². The Morgan fingerprint density at radius 3 is 2.83 bits per heavy atom. The minimum Gasteiger partial charge on any atom is -0.467 e. The zero-order chi connectivity index (χ0) is 16.9. The van der Waals surface area contributed by atoms with E-state index in [9.17, 15) is 9.00 Å². The Kier molecular flexibility index (Phi) is 5.50. The van der Waals surface area contributed by atoms with Gasteiger partial charge < -0.3 is 14.8 Å². The molecule has 1 aliphatic heterocycles. The molecule has 7 heteroatoms. The maximum absolute atomic E-state index is 12.3. The van der Waals surface area contributed by atoms with Gasteiger partial charge in [0.15, 0.2) is 6.79 Å². The van der Waals surface area contributed by atoms with Crippen LogP contribution in [0.15, 0.2) is 42.5 Å². The fraction of sp³-hybridized carbons (Fsp3) is 0.235. The average molecular weight is 366 g/mol. The number of para-hydroxylation sites is 1. The van der Waals surface area contributed by atoms with E-state index in [-0.39, 0.29) is 24.2 Å². The van der Waals surface area contributed by atoms with Gasteiger partial charge in [-0.2, -0.15) is 0 Å². The zero-order valence-electron chi connectivity index (χ0n) is 12.8. The highest BCUT2D eigenvalue weighted by Crippen LogP contribution is 2.32. The second-order valence-electron chi connectivity index (χ2n) is 5.31. The van der Waals surface area contributed by atoms with Crippen LogP contribution in [-0.2, 0) is 32.7 Å². The van der Waals surface area contributed by atoms with E-state index in [2.05, 4.69) is 5.32 Å². The number of rotatable bonds is 5. The number of fused-ring (bicyclic) bond motifs is 1. The summed E-state index contributed by atoms with van der Waals surface area (Å²) in [6.45, 7) is 0.562. The largest absolute Gasteiger partial charge is 0.467 e. The van der Waals surface area contributed by atoms with E-state index < -0.39 is 10.8 Å². The third-order valence-electron chi connectivity index (χ3n) is 3.42. The normalized spacial score (nSPS) is 14.4. The van der Waals surface area contributed by atoms with Crippen LogP contribution in [0.3, 0.4) is 0 Å². The van der Waals surface area contributed by atoms with Crippen molar-refractivity contribution in [1.82, 2.24) is 0 Å². The molecule has 0 aromatic heterocycles. The van der Waals surface area contributed by atoms with Crippen molar-refractivity contribution < 1.29 is 18.5 Å². The van der Waals surface area contributed by atoms with E-state index in [1.54, 1.807) is 24.3 Å². The first-order valence-electron chi connectivity index (χ1n) is 7.33. The maximum Gasteiger partial charge on any atom is 0.237 e. The Balaban J connectivity index is 1.65. The molecule has 1 atom stereocenters. The van der Waals surface area contributed by atoms with Crippen molar-refractivity contribution in [3.05, 3.63) is 58.6 Å². The SMILES string of the molecule is O=C(C[S@@](=O)Cc1cc(Cl)cc2c1OCOC2)Nc1ccccc1. The van der Waals surface area contributed by atoms with Crippen LogP contribution in [0.5, 0.6) is 5.75 Å². The monoisotopic (exact) mass is 365 g/mol. The molecule has 0 aliphatic carbocycles. The molecule has 1 heterocycles. The van der Waals surface area contributed by atoms with E-state index in [0.29, 0.717) is 23.1 Å². The van der Waals surface area contributed by atoms with Crippen molar-refractivity contribution in [2.45, 2.75) is 12.4 Å². The molecular weight excluding hydrogens is 350 g/mol. The van der Waals surface area contributed by atoms with Gasteiger partial charge in [-0.1, -0.05) is 29.8 Å². The van der Waals surface area contributed by atoms with Gasteiger partial charge in [0, 0.05) is 32.6 Å². The van der Waals surface area contributed by atoms with E-state index in [1.165, 1.54) is 0 Å². The minimum atomic E-state index is -1.37. The van der Waals surface area contributed by atoms with Crippen molar-refractivity contribution >= 4 is 34.0 Å². The molecule has 0 bridgehead atoms. The van der Waals surface area contributed by atoms with Gasteiger partial charge in [-0.15, -0.1) is 0 Å². The quantitative estimate of drug-likeness (QED) is 0.884. The molecule has 5 nitrogen and oxygen atoms in total. The molecule has 0 unspecified atom stereocenters. The Bertz CT molecular complexity index is 767. The number of benzene rings is 2. The average Bonchev–Trinajstić information content (AvgIpc) is 2.55. The number of halogens is 1. The third kappa shape index (κ3) is 4.35. The maximum atomic E-state index is 12.3. The molecule has 126 valence electrons. The van der Waals surface area contributed by atoms with Gasteiger partial charge in [-0.25, -0.2) is 0 Å². The first-order valence-corrected chi connectivity index (χ1v) is 9.20. The van der Waals surface area contributed by atoms with Crippen LogP contribution >= 0.6 is 11.6 Å². The van der Waals surface area contributed by atoms with Crippen LogP contribution in [-0.4, -0.2) is 22.7 Å². The van der Waals surface area contributed by atoms with Gasteiger partial charge in [0.1, 0.15) is 11.5 Å². The molecule has 0 spiro atoms. The first kappa shape index (κ1) is 17.0. The summed E-state index contributed by atoms with van der Waals surface area (Å²) in [6, 6.07) is 12.6. The van der Waals surface area contributed by atoms with E-state index in [4.69, 9.17) is 21.1 Å². The highest BCUT2D eigenvalue weighted by Gasteiger charge is 2.19. The summed E-state index contributed by atoms with van der Waals surface area (Å²) >= 11 is 6.09. The summed E-state index contributed by atoms with van der Waals surface area (Å²) in [7, 11) is -1.37. The number of carbonyl (C=O) groups is 1. The predicted octanol–water partition coefficient (Wildman–Crippen LogP) is 3.09. The highest BCUT2D eigenvalue weighted by atomic mass is 35.5. The van der Waals surface area contributed by atoms with Gasteiger partial charge in [0.2, 0.25) is 5.91 Å². The third-order valence-corrected chi connectivity index (χ3v) is 4.85. The highest BCUT2D eigenvalue weighted by molar-refractivity contribution is 7.85. The minimum absolute atomic E-state index is 0.0906. The lowest BCUT2D eigenvalue weighted by Gasteiger charge is -2.21. The lowest BCUT2D eigenvalue weighted by Crippen LogP contribution is -2.21. The predicted molar refractivity (Wildman–Crippen MR) is 93.5 cm³/mol. The number of hydrogen-bond acceptors (Lipinski definition) is 4. The van der Waals surface area contributed by atoms with Crippen LogP contribution < -0.4 is 10.1 Å². The molecule has 2 aromatic rings. The van der Waals surface area contributed by atoms with Gasteiger partial charge in [-0.05, 0) is 24.3 Å². The first-order chi connectivity index (χ1) is 11.6. The molecule has 2 aromatic carbocycles. The summed E-state index contributed by atoms with van der Waals surface area (Å²) in [5.41, 5.74) is 2.24. The standard InChI is InChI=1S/C17H16ClNO4S/c18-14-6-12-8-22-11-23-17(12)13(7-14)9-24(21)10-16(20)19-15-4-2-1-3-5-15/h1-7H,8-11H2,(H,19,20)/t24-/m0/s1. The van der Waals surface area contributed by atoms with Crippen LogP contribution in [0.2, 0.25) is 5.02 Å². The molecule has 1 N–H and O–H groups in total. The number of hydrogen-bond donors (Lipinski definition) is 1. The van der Waals surface area contributed by atoms with Crippen LogP contribution in [0, 0.1) is 0 Å². The Morgan fingerprint density at radius 1 is 1.25 bits per heavy atom. The summed E-state index contributed by atoms with van der Waals surface area (Å²) in [5, 5.41) is 3.25. The molecule has 0 radical (unpaired) electrons. The molecule has 0 saturated heterocycles. The Morgan fingerprint density at radius 2 is 2.04 bits per heavy atom. The fourth-order valence-electron chi connectivity index (χ4n) is 2.45. The summed E-state index contributed by atoms with van der Waals surface area (Å²) in [6.07, 6.45) is 0. The smallest absolute Gasteiger partial charge is 0.237 e. The Hall–Kier alpha value is -1.89. The summed E-state index contributed by atoms with van der Waals surface area (Å²) in [4.78, 5) is 12.0. The fourth-order valence-corrected chi connectivity index (χ4v) is 3.74. The van der Waals surface area contributed by atoms with Gasteiger partial charge in [0.25, 0.3) is 0 Å². The number of anilines is 1. The van der Waals surface area contributed by atoms with Crippen LogP contribution in [0.25, 0.3) is 0 Å². The lowest BCUT2D eigenvalue weighted by molar-refractivity contribution is -0.113. The van der Waals surface area contributed by atoms with Crippen molar-refractivity contribution in [2.24, 2.45) is 0 Å². The van der Waals surface area contributed by atoms with Crippen molar-refractivity contribution in [2.75, 3.05) is 17.9 Å². The molecule has 24 heavy (non-hydrogen) atoms. The van der Waals surface area contributed by atoms with Crippen molar-refractivity contribution in [3.63, 3.8) is 0 Å².